The smallest absolute Gasteiger partial charge is 0.420 e. The van der Waals surface area contributed by atoms with Gasteiger partial charge in [0.2, 0.25) is 11.6 Å². The van der Waals surface area contributed by atoms with E-state index in [0.29, 0.717) is 0 Å². The second kappa shape index (κ2) is 9.11. The summed E-state index contributed by atoms with van der Waals surface area (Å²) in [4.78, 5) is 0. The molecule has 0 saturated carbocycles. The SMILES string of the molecule is Nc1cc(Oc2cc(Oc3cc(N)c(F)c(F)c3F)c(C(F)(F)F)c(C(F)(F)F)c2F)c(F)c(F)c1F. The first-order chi connectivity index (χ1) is 16.9. The molecule has 0 radical (unpaired) electrons. The molecule has 4 nitrogen and oxygen atoms in total. The third-order valence-corrected chi connectivity index (χ3v) is 4.48. The van der Waals surface area contributed by atoms with Crippen molar-refractivity contribution >= 4 is 11.4 Å². The van der Waals surface area contributed by atoms with Crippen LogP contribution in [-0.4, -0.2) is 0 Å². The molecular weight excluding hydrogens is 547 g/mol. The van der Waals surface area contributed by atoms with Crippen molar-refractivity contribution in [2.45, 2.75) is 12.4 Å². The number of nitrogens with two attached hydrogens (primary N) is 2. The molecule has 0 aliphatic carbocycles. The number of alkyl halides is 6. The zero-order valence-corrected chi connectivity index (χ0v) is 17.1. The number of halogens is 13. The number of hydrogen-bond donors (Lipinski definition) is 2. The first-order valence-electron chi connectivity index (χ1n) is 9.08. The maximum Gasteiger partial charge on any atom is 0.420 e. The topological polar surface area (TPSA) is 70.5 Å². The minimum atomic E-state index is -6.19. The maximum atomic E-state index is 14.7. The van der Waals surface area contributed by atoms with Crippen molar-refractivity contribution in [3.05, 3.63) is 70.0 Å². The molecule has 200 valence electrons. The number of hydrogen-bond acceptors (Lipinski definition) is 4. The molecule has 0 aromatic heterocycles. The van der Waals surface area contributed by atoms with E-state index in [1.807, 2.05) is 0 Å². The van der Waals surface area contributed by atoms with Gasteiger partial charge in [0.15, 0.2) is 46.3 Å². The molecule has 3 aromatic rings. The molecule has 0 aliphatic rings. The molecule has 4 N–H and O–H groups in total. The van der Waals surface area contributed by atoms with E-state index in [2.05, 4.69) is 9.47 Å². The maximum absolute atomic E-state index is 14.7. The summed E-state index contributed by atoms with van der Waals surface area (Å²) in [6.07, 6.45) is -12.3. The van der Waals surface area contributed by atoms with E-state index in [9.17, 15) is 57.1 Å². The molecule has 17 heteroatoms. The van der Waals surface area contributed by atoms with Gasteiger partial charge >= 0.3 is 12.4 Å². The van der Waals surface area contributed by atoms with Crippen LogP contribution in [-0.2, 0) is 12.4 Å². The van der Waals surface area contributed by atoms with Crippen LogP contribution in [0.25, 0.3) is 0 Å². The molecule has 0 spiro atoms. The average Bonchev–Trinajstić information content (AvgIpc) is 2.78. The lowest BCUT2D eigenvalue weighted by Crippen LogP contribution is -2.20. The molecule has 0 bridgehead atoms. The van der Waals surface area contributed by atoms with Gasteiger partial charge in [-0.25, -0.2) is 22.0 Å². The minimum Gasteiger partial charge on any atom is -0.453 e. The Bertz CT molecular complexity index is 1400. The van der Waals surface area contributed by atoms with Gasteiger partial charge in [-0.15, -0.1) is 0 Å². The van der Waals surface area contributed by atoms with Crippen LogP contribution in [0.1, 0.15) is 11.1 Å². The highest BCUT2D eigenvalue weighted by Crippen LogP contribution is 2.51. The van der Waals surface area contributed by atoms with Crippen molar-refractivity contribution in [1.29, 1.82) is 0 Å². The third kappa shape index (κ3) is 4.97. The van der Waals surface area contributed by atoms with Gasteiger partial charge in [-0.2, -0.15) is 35.1 Å². The summed E-state index contributed by atoms with van der Waals surface area (Å²) in [6, 6.07) is -0.143. The standard InChI is InChI=1S/C20H7F13N2O2/c21-12-4(34)1-7(15(24)17(12)26)36-6-3-9(37-8-2-5(35)13(22)18(27)16(8)25)14(23)11(20(31,32)33)10(6)19(28,29)30/h1-3H,34-35H2. The van der Waals surface area contributed by atoms with Gasteiger partial charge in [-0.3, -0.25) is 0 Å². The highest BCUT2D eigenvalue weighted by molar-refractivity contribution is 5.56. The Morgan fingerprint density at radius 2 is 0.784 bits per heavy atom. The summed E-state index contributed by atoms with van der Waals surface area (Å²) in [5, 5.41) is 0. The average molecular weight is 554 g/mol. The number of benzene rings is 3. The third-order valence-electron chi connectivity index (χ3n) is 4.48. The second-order valence-corrected chi connectivity index (χ2v) is 6.95. The summed E-state index contributed by atoms with van der Waals surface area (Å²) in [5.74, 6) is -23.5. The van der Waals surface area contributed by atoms with Crippen LogP contribution < -0.4 is 20.9 Å². The number of ether oxygens (including phenoxy) is 2. The van der Waals surface area contributed by atoms with Gasteiger partial charge in [0.1, 0.15) is 16.9 Å². The van der Waals surface area contributed by atoms with E-state index in [0.717, 1.165) is 0 Å². The molecule has 0 heterocycles. The fourth-order valence-corrected chi connectivity index (χ4v) is 2.90. The quantitative estimate of drug-likeness (QED) is 0.200. The van der Waals surface area contributed by atoms with Crippen molar-refractivity contribution in [3.8, 4) is 23.0 Å². The highest BCUT2D eigenvalue weighted by atomic mass is 19.4. The summed E-state index contributed by atoms with van der Waals surface area (Å²) < 4.78 is 187. The number of anilines is 2. The first-order valence-corrected chi connectivity index (χ1v) is 9.08. The molecule has 3 aromatic carbocycles. The lowest BCUT2D eigenvalue weighted by Gasteiger charge is -2.22. The molecular formula is C20H7F13N2O2. The van der Waals surface area contributed by atoms with Crippen LogP contribution in [0.15, 0.2) is 18.2 Å². The Kier molecular flexibility index (Phi) is 6.78. The normalized spacial score (nSPS) is 12.1. The molecule has 0 unspecified atom stereocenters. The Labute approximate surface area is 195 Å². The lowest BCUT2D eigenvalue weighted by atomic mass is 10.0. The van der Waals surface area contributed by atoms with Gasteiger partial charge in [0, 0.05) is 18.2 Å². The molecule has 0 saturated heterocycles. The van der Waals surface area contributed by atoms with Gasteiger partial charge in [0.25, 0.3) is 0 Å². The van der Waals surface area contributed by atoms with E-state index in [-0.39, 0.29) is 18.2 Å². The predicted octanol–water partition coefficient (Wildman–Crippen LogP) is 7.45. The minimum absolute atomic E-state index is 0.0563. The van der Waals surface area contributed by atoms with Crippen LogP contribution in [0, 0.1) is 40.7 Å². The van der Waals surface area contributed by atoms with E-state index < -0.39 is 98.6 Å². The van der Waals surface area contributed by atoms with Crippen LogP contribution in [0.4, 0.5) is 68.5 Å². The van der Waals surface area contributed by atoms with Crippen molar-refractivity contribution in [2.24, 2.45) is 0 Å². The fraction of sp³-hybridized carbons (Fsp3) is 0.100. The van der Waals surface area contributed by atoms with E-state index in [1.165, 1.54) is 0 Å². The van der Waals surface area contributed by atoms with Gasteiger partial charge in [0.05, 0.1) is 11.4 Å². The largest absolute Gasteiger partial charge is 0.453 e. The van der Waals surface area contributed by atoms with E-state index in [1.54, 1.807) is 0 Å². The van der Waals surface area contributed by atoms with E-state index >= 15 is 0 Å². The Hall–Kier alpha value is -4.05. The van der Waals surface area contributed by atoms with Gasteiger partial charge in [-0.05, 0) is 0 Å². The summed E-state index contributed by atoms with van der Waals surface area (Å²) in [6.45, 7) is 0. The lowest BCUT2D eigenvalue weighted by molar-refractivity contribution is -0.164. The van der Waals surface area contributed by atoms with Crippen LogP contribution in [0.3, 0.4) is 0 Å². The van der Waals surface area contributed by atoms with Crippen molar-refractivity contribution < 1.29 is 66.5 Å². The molecule has 0 amide bonds. The van der Waals surface area contributed by atoms with Crippen LogP contribution in [0.2, 0.25) is 0 Å². The highest BCUT2D eigenvalue weighted by Gasteiger charge is 2.49. The first kappa shape index (κ1) is 27.5. The monoisotopic (exact) mass is 554 g/mol. The van der Waals surface area contributed by atoms with E-state index in [4.69, 9.17) is 11.5 Å². The van der Waals surface area contributed by atoms with Gasteiger partial charge < -0.3 is 20.9 Å². The summed E-state index contributed by atoms with van der Waals surface area (Å²) >= 11 is 0. The second-order valence-electron chi connectivity index (χ2n) is 6.95. The molecule has 0 fully saturated rings. The van der Waals surface area contributed by atoms with Crippen LogP contribution >= 0.6 is 0 Å². The van der Waals surface area contributed by atoms with Gasteiger partial charge in [-0.1, -0.05) is 0 Å². The Morgan fingerprint density at radius 1 is 0.432 bits per heavy atom. The van der Waals surface area contributed by atoms with Crippen molar-refractivity contribution in [2.75, 3.05) is 11.5 Å². The molecule has 37 heavy (non-hydrogen) atoms. The van der Waals surface area contributed by atoms with Crippen LogP contribution in [0.5, 0.6) is 23.0 Å². The summed E-state index contributed by atoms with van der Waals surface area (Å²) in [7, 11) is 0. The number of rotatable bonds is 4. The summed E-state index contributed by atoms with van der Waals surface area (Å²) in [5.41, 5.74) is 1.51. The fourth-order valence-electron chi connectivity index (χ4n) is 2.90. The Morgan fingerprint density at radius 3 is 1.16 bits per heavy atom. The predicted molar refractivity (Wildman–Crippen MR) is 98.0 cm³/mol. The Balaban J connectivity index is 2.35. The zero-order chi connectivity index (χ0) is 28.2. The zero-order valence-electron chi connectivity index (χ0n) is 17.1. The van der Waals surface area contributed by atoms with Crippen molar-refractivity contribution in [1.82, 2.24) is 0 Å². The molecule has 0 aliphatic heterocycles. The number of nitrogen functional groups attached to an aromatic ring is 2. The molecule has 3 rings (SSSR count). The van der Waals surface area contributed by atoms with Crippen molar-refractivity contribution in [3.63, 3.8) is 0 Å². The molecule has 0 atom stereocenters.